The van der Waals surface area contributed by atoms with Gasteiger partial charge in [-0.1, -0.05) is 23.8 Å². The lowest BCUT2D eigenvalue weighted by molar-refractivity contribution is 0.143. The number of piperidine rings is 1. The average Bonchev–Trinajstić information content (AvgIpc) is 2.39. The number of thiocarbonyl (C=S) groups is 1. The molecule has 0 aromatic heterocycles. The molecule has 19 heavy (non-hydrogen) atoms. The molecule has 1 unspecified atom stereocenters. The van der Waals surface area contributed by atoms with Crippen molar-refractivity contribution in [3.8, 4) is 0 Å². The lowest BCUT2D eigenvalue weighted by atomic mass is 9.97. The van der Waals surface area contributed by atoms with Crippen LogP contribution < -0.4 is 10.6 Å². The first-order valence-electron chi connectivity index (χ1n) is 6.76. The highest BCUT2D eigenvalue weighted by molar-refractivity contribution is 7.80. The zero-order valence-electron chi connectivity index (χ0n) is 11.7. The third-order valence-corrected chi connectivity index (χ3v) is 3.90. The minimum atomic E-state index is 0.479. The number of benzene rings is 1. The highest BCUT2D eigenvalue weighted by Gasteiger charge is 2.22. The Labute approximate surface area is 120 Å². The first kappa shape index (κ1) is 14.3. The lowest BCUT2D eigenvalue weighted by Gasteiger charge is -2.35. The molecule has 0 amide bonds. The molecule has 0 saturated carbocycles. The van der Waals surface area contributed by atoms with Crippen molar-refractivity contribution in [3.05, 3.63) is 29.3 Å². The molecule has 1 atom stereocenters. The van der Waals surface area contributed by atoms with Crippen LogP contribution in [0.4, 0.5) is 5.69 Å². The maximum absolute atomic E-state index is 5.86. The fourth-order valence-electron chi connectivity index (χ4n) is 2.78. The first-order valence-corrected chi connectivity index (χ1v) is 7.17. The fourth-order valence-corrected chi connectivity index (χ4v) is 2.94. The summed E-state index contributed by atoms with van der Waals surface area (Å²) in [4.78, 5) is 2.87. The summed E-state index contributed by atoms with van der Waals surface area (Å²) >= 11 is 5.19. The van der Waals surface area contributed by atoms with Gasteiger partial charge in [-0.25, -0.2) is 0 Å². The Morgan fingerprint density at radius 3 is 3.00 bits per heavy atom. The van der Waals surface area contributed by atoms with E-state index in [0.717, 1.165) is 25.3 Å². The molecule has 4 heteroatoms. The summed E-state index contributed by atoms with van der Waals surface area (Å²) in [5, 5.41) is 0. The van der Waals surface area contributed by atoms with Crippen molar-refractivity contribution in [3.63, 3.8) is 0 Å². The molecular weight excluding hydrogens is 256 g/mol. The molecule has 1 saturated heterocycles. The van der Waals surface area contributed by atoms with Crippen LogP contribution in [0.1, 0.15) is 24.0 Å². The zero-order chi connectivity index (χ0) is 13.8. The lowest BCUT2D eigenvalue weighted by Crippen LogP contribution is -2.38. The number of nitrogens with two attached hydrogens (primary N) is 1. The third kappa shape index (κ3) is 3.45. The number of anilines is 1. The van der Waals surface area contributed by atoms with E-state index >= 15 is 0 Å². The molecule has 0 bridgehead atoms. The van der Waals surface area contributed by atoms with Crippen LogP contribution in [0, 0.1) is 12.8 Å². The molecule has 0 aliphatic carbocycles. The number of methoxy groups -OCH3 is 1. The van der Waals surface area contributed by atoms with Crippen LogP contribution in [0.15, 0.2) is 18.2 Å². The van der Waals surface area contributed by atoms with Gasteiger partial charge in [0.05, 0.1) is 6.61 Å². The Morgan fingerprint density at radius 1 is 1.53 bits per heavy atom. The van der Waals surface area contributed by atoms with E-state index in [1.165, 1.54) is 24.1 Å². The standard InChI is InChI=1S/C15H22N2OS/c1-11-5-6-14(13(8-11)15(16)19)17-7-3-4-12(9-17)10-18-2/h5-6,8,12H,3-4,7,9-10H2,1-2H3,(H2,16,19). The molecule has 1 fully saturated rings. The van der Waals surface area contributed by atoms with E-state index in [4.69, 9.17) is 22.7 Å². The molecule has 1 aliphatic rings. The van der Waals surface area contributed by atoms with Gasteiger partial charge < -0.3 is 15.4 Å². The van der Waals surface area contributed by atoms with Gasteiger partial charge in [0.1, 0.15) is 4.99 Å². The summed E-state index contributed by atoms with van der Waals surface area (Å²) in [5.74, 6) is 0.597. The third-order valence-electron chi connectivity index (χ3n) is 3.68. The Bertz CT molecular complexity index is 459. The van der Waals surface area contributed by atoms with Crippen LogP contribution in [-0.2, 0) is 4.74 Å². The number of aryl methyl sites for hydroxylation is 1. The second-order valence-electron chi connectivity index (χ2n) is 5.29. The Balaban J connectivity index is 2.23. The predicted molar refractivity (Wildman–Crippen MR) is 83.9 cm³/mol. The molecule has 1 aliphatic heterocycles. The van der Waals surface area contributed by atoms with E-state index in [0.29, 0.717) is 10.9 Å². The van der Waals surface area contributed by atoms with Crippen molar-refractivity contribution < 1.29 is 4.74 Å². The molecule has 0 radical (unpaired) electrons. The van der Waals surface area contributed by atoms with Crippen LogP contribution >= 0.6 is 12.2 Å². The van der Waals surface area contributed by atoms with Gasteiger partial charge in [-0.3, -0.25) is 0 Å². The quantitative estimate of drug-likeness (QED) is 0.859. The van der Waals surface area contributed by atoms with Crippen LogP contribution in [0.3, 0.4) is 0 Å². The van der Waals surface area contributed by atoms with Crippen molar-refractivity contribution in [1.29, 1.82) is 0 Å². The minimum Gasteiger partial charge on any atom is -0.389 e. The SMILES string of the molecule is COCC1CCCN(c2ccc(C)cc2C(N)=S)C1. The normalized spacial score (nSPS) is 19.5. The molecule has 2 rings (SSSR count). The number of hydrogen-bond acceptors (Lipinski definition) is 3. The van der Waals surface area contributed by atoms with Gasteiger partial charge in [0, 0.05) is 31.5 Å². The maximum atomic E-state index is 5.86. The zero-order valence-corrected chi connectivity index (χ0v) is 12.5. The van der Waals surface area contributed by atoms with Gasteiger partial charge in [0.2, 0.25) is 0 Å². The molecule has 0 spiro atoms. The molecule has 3 nitrogen and oxygen atoms in total. The molecule has 2 N–H and O–H groups in total. The molecule has 1 aromatic rings. The van der Waals surface area contributed by atoms with Gasteiger partial charge in [-0.15, -0.1) is 0 Å². The average molecular weight is 278 g/mol. The van der Waals surface area contributed by atoms with Crippen molar-refractivity contribution in [2.45, 2.75) is 19.8 Å². The van der Waals surface area contributed by atoms with Crippen LogP contribution in [0.2, 0.25) is 0 Å². The van der Waals surface area contributed by atoms with Gasteiger partial charge in [-0.2, -0.15) is 0 Å². The van der Waals surface area contributed by atoms with Gasteiger partial charge in [0.25, 0.3) is 0 Å². The largest absolute Gasteiger partial charge is 0.389 e. The number of nitrogens with zero attached hydrogens (tertiary/aromatic N) is 1. The predicted octanol–water partition coefficient (Wildman–Crippen LogP) is 2.49. The summed E-state index contributed by atoms with van der Waals surface area (Å²) in [6, 6.07) is 6.34. The van der Waals surface area contributed by atoms with Crippen molar-refractivity contribution in [2.24, 2.45) is 11.7 Å². The van der Waals surface area contributed by atoms with Crippen molar-refractivity contribution >= 4 is 22.9 Å². The van der Waals surface area contributed by atoms with Gasteiger partial charge in [-0.05, 0) is 37.8 Å². The van der Waals surface area contributed by atoms with E-state index < -0.39 is 0 Å². The van der Waals surface area contributed by atoms with E-state index in [2.05, 4.69) is 30.0 Å². The van der Waals surface area contributed by atoms with Crippen LogP contribution in [-0.4, -0.2) is 31.8 Å². The van der Waals surface area contributed by atoms with Crippen LogP contribution in [0.25, 0.3) is 0 Å². The monoisotopic (exact) mass is 278 g/mol. The highest BCUT2D eigenvalue weighted by Crippen LogP contribution is 2.27. The summed E-state index contributed by atoms with van der Waals surface area (Å²) in [6.07, 6.45) is 2.43. The second-order valence-corrected chi connectivity index (χ2v) is 5.73. The van der Waals surface area contributed by atoms with Gasteiger partial charge >= 0.3 is 0 Å². The second kappa shape index (κ2) is 6.35. The highest BCUT2D eigenvalue weighted by atomic mass is 32.1. The summed E-state index contributed by atoms with van der Waals surface area (Å²) in [6.45, 7) is 4.98. The summed E-state index contributed by atoms with van der Waals surface area (Å²) in [7, 11) is 1.77. The maximum Gasteiger partial charge on any atom is 0.106 e. The topological polar surface area (TPSA) is 38.5 Å². The summed E-state index contributed by atoms with van der Waals surface area (Å²) < 4.78 is 5.29. The van der Waals surface area contributed by atoms with E-state index in [9.17, 15) is 0 Å². The first-order chi connectivity index (χ1) is 9.11. The van der Waals surface area contributed by atoms with Gasteiger partial charge in [0.15, 0.2) is 0 Å². The molecule has 1 heterocycles. The molecule has 1 aromatic carbocycles. The van der Waals surface area contributed by atoms with E-state index in [1.807, 2.05) is 0 Å². The minimum absolute atomic E-state index is 0.479. The van der Waals surface area contributed by atoms with E-state index in [-0.39, 0.29) is 0 Å². The molecule has 104 valence electrons. The van der Waals surface area contributed by atoms with Crippen molar-refractivity contribution in [1.82, 2.24) is 0 Å². The Hall–Kier alpha value is -1.13. The smallest absolute Gasteiger partial charge is 0.106 e. The van der Waals surface area contributed by atoms with E-state index in [1.54, 1.807) is 7.11 Å². The number of hydrogen-bond donors (Lipinski definition) is 1. The van der Waals surface area contributed by atoms with Crippen LogP contribution in [0.5, 0.6) is 0 Å². The Kier molecular flexibility index (Phi) is 4.77. The fraction of sp³-hybridized carbons (Fsp3) is 0.533. The van der Waals surface area contributed by atoms with Crippen molar-refractivity contribution in [2.75, 3.05) is 31.7 Å². The molecular formula is C15H22N2OS. The Morgan fingerprint density at radius 2 is 2.32 bits per heavy atom. The number of rotatable bonds is 4. The number of ether oxygens (including phenoxy) is 1. The summed E-state index contributed by atoms with van der Waals surface area (Å²) in [5.41, 5.74) is 9.21.